The largest absolute Gasteiger partial charge is 0.447 e. The third kappa shape index (κ3) is 9.19. The van der Waals surface area contributed by atoms with E-state index >= 15 is 0 Å². The Morgan fingerprint density at radius 1 is 1.17 bits per heavy atom. The second-order valence-corrected chi connectivity index (χ2v) is 1.98. The van der Waals surface area contributed by atoms with Gasteiger partial charge < -0.3 is 19.9 Å². The fraction of sp³-hybridized carbons (Fsp3) is 0.857. The quantitative estimate of drug-likeness (QED) is 0.561. The highest BCUT2D eigenvalue weighted by Gasteiger charge is 1.92. The van der Waals surface area contributed by atoms with E-state index in [2.05, 4.69) is 4.74 Å². The highest BCUT2D eigenvalue weighted by Crippen LogP contribution is 1.79. The van der Waals surface area contributed by atoms with Crippen LogP contribution in [-0.2, 0) is 14.2 Å². The summed E-state index contributed by atoms with van der Waals surface area (Å²) in [5.74, 6) is 0. The molecule has 0 aliphatic rings. The number of carbonyl (C=O) groups is 1. The van der Waals surface area contributed by atoms with Crippen LogP contribution in [0.5, 0.6) is 0 Å². The first-order chi connectivity index (χ1) is 5.77. The fourth-order valence-corrected chi connectivity index (χ4v) is 0.565. The molecule has 72 valence electrons. The molecule has 0 saturated carbocycles. The molecule has 0 aliphatic carbocycles. The van der Waals surface area contributed by atoms with E-state index in [-0.39, 0.29) is 6.61 Å². The van der Waals surface area contributed by atoms with Crippen molar-refractivity contribution in [3.63, 3.8) is 0 Å². The van der Waals surface area contributed by atoms with Crippen LogP contribution in [0.1, 0.15) is 6.92 Å². The second kappa shape index (κ2) is 8.29. The lowest BCUT2D eigenvalue weighted by Gasteiger charge is -2.03. The summed E-state index contributed by atoms with van der Waals surface area (Å²) < 4.78 is 14.5. The Morgan fingerprint density at radius 3 is 2.33 bits per heavy atom. The van der Waals surface area contributed by atoms with Gasteiger partial charge in [-0.2, -0.15) is 0 Å². The van der Waals surface area contributed by atoms with E-state index in [9.17, 15) is 4.79 Å². The van der Waals surface area contributed by atoms with Gasteiger partial charge in [-0.3, -0.25) is 0 Å². The maximum absolute atomic E-state index is 10.1. The number of primary amides is 1. The molecule has 0 atom stereocenters. The highest BCUT2D eigenvalue weighted by molar-refractivity contribution is 5.64. The Balaban J connectivity index is 2.86. The Bertz CT molecular complexity index is 118. The zero-order valence-electron chi connectivity index (χ0n) is 7.25. The number of ether oxygens (including phenoxy) is 3. The standard InChI is InChI=1S/C7H15NO4/c1-2-10-3-4-11-5-6-12-7(8)9/h2-6H2,1H3,(H2,8,9). The first-order valence-electron chi connectivity index (χ1n) is 3.85. The number of hydrogen-bond acceptors (Lipinski definition) is 4. The van der Waals surface area contributed by atoms with E-state index in [4.69, 9.17) is 15.2 Å². The molecule has 2 N–H and O–H groups in total. The molecule has 0 fully saturated rings. The van der Waals surface area contributed by atoms with Gasteiger partial charge in [0, 0.05) is 6.61 Å². The van der Waals surface area contributed by atoms with Gasteiger partial charge in [0.15, 0.2) is 0 Å². The van der Waals surface area contributed by atoms with E-state index in [1.54, 1.807) is 0 Å². The van der Waals surface area contributed by atoms with Crippen LogP contribution in [0.2, 0.25) is 0 Å². The zero-order chi connectivity index (χ0) is 9.23. The lowest BCUT2D eigenvalue weighted by Crippen LogP contribution is -2.17. The lowest BCUT2D eigenvalue weighted by atomic mass is 10.7. The van der Waals surface area contributed by atoms with Crippen molar-refractivity contribution in [1.29, 1.82) is 0 Å². The summed E-state index contributed by atoms with van der Waals surface area (Å²) in [6.45, 7) is 4.22. The lowest BCUT2D eigenvalue weighted by molar-refractivity contribution is 0.0327. The summed E-state index contributed by atoms with van der Waals surface area (Å²) in [6, 6.07) is 0. The van der Waals surface area contributed by atoms with Crippen molar-refractivity contribution in [3.05, 3.63) is 0 Å². The smallest absolute Gasteiger partial charge is 0.404 e. The maximum Gasteiger partial charge on any atom is 0.404 e. The number of hydrogen-bond donors (Lipinski definition) is 1. The van der Waals surface area contributed by atoms with Crippen LogP contribution in [0.3, 0.4) is 0 Å². The van der Waals surface area contributed by atoms with Gasteiger partial charge in [-0.15, -0.1) is 0 Å². The summed E-state index contributed by atoms with van der Waals surface area (Å²) in [6.07, 6.45) is -0.775. The summed E-state index contributed by atoms with van der Waals surface area (Å²) in [5, 5.41) is 0. The SMILES string of the molecule is CCOCCOCCOC(N)=O. The summed E-state index contributed by atoms with van der Waals surface area (Å²) >= 11 is 0. The van der Waals surface area contributed by atoms with Gasteiger partial charge >= 0.3 is 6.09 Å². The molecule has 0 aliphatic heterocycles. The van der Waals surface area contributed by atoms with Gasteiger partial charge in [-0.25, -0.2) is 4.79 Å². The van der Waals surface area contributed by atoms with Crippen LogP contribution in [0, 0.1) is 0 Å². The van der Waals surface area contributed by atoms with Crippen molar-refractivity contribution < 1.29 is 19.0 Å². The van der Waals surface area contributed by atoms with E-state index in [1.165, 1.54) is 0 Å². The Hall–Kier alpha value is -0.810. The third-order valence-corrected chi connectivity index (χ3v) is 1.05. The number of rotatable bonds is 7. The van der Waals surface area contributed by atoms with Crippen LogP contribution in [-0.4, -0.2) is 39.1 Å². The molecule has 0 spiro atoms. The van der Waals surface area contributed by atoms with Crippen molar-refractivity contribution in [1.82, 2.24) is 0 Å². The minimum atomic E-state index is -0.775. The van der Waals surface area contributed by atoms with Crippen LogP contribution >= 0.6 is 0 Å². The Kier molecular flexibility index (Phi) is 7.73. The monoisotopic (exact) mass is 177 g/mol. The average molecular weight is 177 g/mol. The first kappa shape index (κ1) is 11.2. The highest BCUT2D eigenvalue weighted by atomic mass is 16.6. The molecule has 0 unspecified atom stereocenters. The number of carbonyl (C=O) groups excluding carboxylic acids is 1. The van der Waals surface area contributed by atoms with Crippen LogP contribution in [0.4, 0.5) is 4.79 Å². The molecule has 0 aromatic rings. The topological polar surface area (TPSA) is 70.8 Å². The predicted octanol–water partition coefficient (Wildman–Crippen LogP) is 0.135. The predicted molar refractivity (Wildman–Crippen MR) is 42.8 cm³/mol. The summed E-state index contributed by atoms with van der Waals surface area (Å²) in [4.78, 5) is 10.1. The van der Waals surface area contributed by atoms with Crippen molar-refractivity contribution in [2.75, 3.05) is 33.0 Å². The van der Waals surface area contributed by atoms with Gasteiger partial charge in [0.1, 0.15) is 6.61 Å². The minimum Gasteiger partial charge on any atom is -0.447 e. The van der Waals surface area contributed by atoms with Crippen molar-refractivity contribution >= 4 is 6.09 Å². The molecule has 0 heterocycles. The fourth-order valence-electron chi connectivity index (χ4n) is 0.565. The molecule has 0 bridgehead atoms. The van der Waals surface area contributed by atoms with Gasteiger partial charge in [-0.1, -0.05) is 0 Å². The van der Waals surface area contributed by atoms with Gasteiger partial charge in [0.25, 0.3) is 0 Å². The molecule has 0 aromatic carbocycles. The van der Waals surface area contributed by atoms with Crippen molar-refractivity contribution in [3.8, 4) is 0 Å². The molecular formula is C7H15NO4. The first-order valence-corrected chi connectivity index (χ1v) is 3.85. The van der Waals surface area contributed by atoms with E-state index < -0.39 is 6.09 Å². The number of amides is 1. The summed E-state index contributed by atoms with van der Waals surface area (Å²) in [5.41, 5.74) is 4.71. The molecule has 12 heavy (non-hydrogen) atoms. The minimum absolute atomic E-state index is 0.196. The van der Waals surface area contributed by atoms with E-state index in [1.807, 2.05) is 6.92 Å². The normalized spacial score (nSPS) is 9.75. The molecule has 0 saturated heterocycles. The van der Waals surface area contributed by atoms with Crippen molar-refractivity contribution in [2.24, 2.45) is 5.73 Å². The van der Waals surface area contributed by atoms with E-state index in [0.717, 1.165) is 0 Å². The average Bonchev–Trinajstić information content (AvgIpc) is 2.02. The molecule has 0 radical (unpaired) electrons. The second-order valence-electron chi connectivity index (χ2n) is 1.98. The molecule has 0 aromatic heterocycles. The van der Waals surface area contributed by atoms with Gasteiger partial charge in [0.2, 0.25) is 0 Å². The summed E-state index contributed by atoms with van der Waals surface area (Å²) in [7, 11) is 0. The molecule has 5 nitrogen and oxygen atoms in total. The maximum atomic E-state index is 10.1. The Morgan fingerprint density at radius 2 is 1.75 bits per heavy atom. The van der Waals surface area contributed by atoms with Gasteiger partial charge in [0.05, 0.1) is 19.8 Å². The van der Waals surface area contributed by atoms with E-state index in [0.29, 0.717) is 26.4 Å². The molecule has 0 rings (SSSR count). The van der Waals surface area contributed by atoms with Crippen LogP contribution in [0.15, 0.2) is 0 Å². The van der Waals surface area contributed by atoms with Crippen LogP contribution < -0.4 is 5.73 Å². The van der Waals surface area contributed by atoms with Gasteiger partial charge in [-0.05, 0) is 6.92 Å². The van der Waals surface area contributed by atoms with Crippen molar-refractivity contribution in [2.45, 2.75) is 6.92 Å². The molecule has 5 heteroatoms. The molecule has 1 amide bonds. The molecular weight excluding hydrogens is 162 g/mol. The van der Waals surface area contributed by atoms with Crippen LogP contribution in [0.25, 0.3) is 0 Å². The third-order valence-electron chi connectivity index (χ3n) is 1.05. The Labute approximate surface area is 71.8 Å². The number of nitrogens with two attached hydrogens (primary N) is 1. The zero-order valence-corrected chi connectivity index (χ0v) is 7.25.